The van der Waals surface area contributed by atoms with Gasteiger partial charge in [0, 0.05) is 30.6 Å². The van der Waals surface area contributed by atoms with Gasteiger partial charge in [0.15, 0.2) is 5.60 Å². The molecule has 0 radical (unpaired) electrons. The van der Waals surface area contributed by atoms with E-state index in [9.17, 15) is 9.59 Å². The molecule has 0 saturated carbocycles. The van der Waals surface area contributed by atoms with Crippen molar-refractivity contribution in [2.24, 2.45) is 5.41 Å². The Balaban J connectivity index is 1.63. The predicted octanol–water partition coefficient (Wildman–Crippen LogP) is 5.26. The van der Waals surface area contributed by atoms with Crippen molar-refractivity contribution in [1.29, 1.82) is 0 Å². The van der Waals surface area contributed by atoms with Gasteiger partial charge < -0.3 is 19.1 Å². The van der Waals surface area contributed by atoms with Gasteiger partial charge in [0.05, 0.1) is 14.2 Å². The van der Waals surface area contributed by atoms with E-state index < -0.39 is 22.7 Å². The highest BCUT2D eigenvalue weighted by Crippen LogP contribution is 2.58. The van der Waals surface area contributed by atoms with E-state index in [2.05, 4.69) is 0 Å². The van der Waals surface area contributed by atoms with Crippen LogP contribution in [0.1, 0.15) is 37.0 Å². The summed E-state index contributed by atoms with van der Waals surface area (Å²) in [5.41, 5.74) is 1.59. The molecule has 0 unspecified atom stereocenters. The van der Waals surface area contributed by atoms with Gasteiger partial charge in [-0.25, -0.2) is 0 Å². The molecule has 2 heterocycles. The third kappa shape index (κ3) is 4.06. The second-order valence-corrected chi connectivity index (χ2v) is 9.95. The first-order valence-corrected chi connectivity index (χ1v) is 12.4. The van der Waals surface area contributed by atoms with Crippen molar-refractivity contribution in [1.82, 2.24) is 4.90 Å². The first kappa shape index (κ1) is 24.6. The van der Waals surface area contributed by atoms with E-state index in [1.807, 2.05) is 92.7 Å². The summed E-state index contributed by atoms with van der Waals surface area (Å²) in [4.78, 5) is 28.9. The number of likely N-dealkylation sites (tertiary alicyclic amines) is 1. The second kappa shape index (κ2) is 9.43. The van der Waals surface area contributed by atoms with E-state index >= 15 is 0 Å². The Morgan fingerprint density at radius 2 is 1.38 bits per heavy atom. The van der Waals surface area contributed by atoms with Gasteiger partial charge in [-0.3, -0.25) is 9.59 Å². The zero-order valence-corrected chi connectivity index (χ0v) is 21.6. The van der Waals surface area contributed by atoms with Crippen LogP contribution in [0.4, 0.5) is 0 Å². The van der Waals surface area contributed by atoms with Crippen LogP contribution >= 0.6 is 0 Å². The molecule has 3 aromatic carbocycles. The summed E-state index contributed by atoms with van der Waals surface area (Å²) in [5.74, 6) is 1.15. The maximum absolute atomic E-state index is 13.9. The van der Waals surface area contributed by atoms with Crippen LogP contribution in [0, 0.1) is 5.41 Å². The monoisotopic (exact) mass is 497 g/mol. The Morgan fingerprint density at radius 3 is 1.86 bits per heavy atom. The summed E-state index contributed by atoms with van der Waals surface area (Å²) < 4.78 is 17.6. The molecule has 0 bridgehead atoms. The minimum atomic E-state index is -1.08. The quantitative estimate of drug-likeness (QED) is 0.435. The van der Waals surface area contributed by atoms with E-state index in [1.165, 1.54) is 0 Å². The first-order valence-electron chi connectivity index (χ1n) is 12.4. The molecular formula is C31H31NO5. The Kier molecular flexibility index (Phi) is 6.28. The van der Waals surface area contributed by atoms with Crippen molar-refractivity contribution in [3.05, 3.63) is 107 Å². The topological polar surface area (TPSA) is 65.1 Å². The molecular weight excluding hydrogens is 466 g/mol. The average Bonchev–Trinajstić information content (AvgIpc) is 3.40. The van der Waals surface area contributed by atoms with Crippen LogP contribution < -0.4 is 9.47 Å². The number of amides is 1. The Labute approximate surface area is 217 Å². The summed E-state index contributed by atoms with van der Waals surface area (Å²) in [6.45, 7) is 4.52. The zero-order chi connectivity index (χ0) is 26.2. The average molecular weight is 498 g/mol. The molecule has 1 spiro atoms. The van der Waals surface area contributed by atoms with Crippen LogP contribution in [0.2, 0.25) is 0 Å². The summed E-state index contributed by atoms with van der Waals surface area (Å²) >= 11 is 0. The molecule has 2 aliphatic heterocycles. The van der Waals surface area contributed by atoms with Gasteiger partial charge in [-0.15, -0.1) is 0 Å². The molecule has 1 amide bonds. The number of Topliss-reactive ketones (excluding diaryl/α,β-unsaturated/α-hetero) is 1. The van der Waals surface area contributed by atoms with Crippen molar-refractivity contribution >= 4 is 11.7 Å². The van der Waals surface area contributed by atoms with Crippen LogP contribution in [-0.4, -0.2) is 37.4 Å². The van der Waals surface area contributed by atoms with Gasteiger partial charge in [-0.05, 0) is 49.2 Å². The maximum Gasteiger partial charge on any atom is 0.291 e. The number of nitrogens with zero attached hydrogens (tertiary/aromatic N) is 1. The lowest BCUT2D eigenvalue weighted by Crippen LogP contribution is -2.34. The van der Waals surface area contributed by atoms with Crippen LogP contribution in [0.15, 0.2) is 90.2 Å². The van der Waals surface area contributed by atoms with Crippen LogP contribution in [0.5, 0.6) is 11.5 Å². The van der Waals surface area contributed by atoms with Gasteiger partial charge in [0.2, 0.25) is 5.78 Å². The Hall–Kier alpha value is -4.06. The predicted molar refractivity (Wildman–Crippen MR) is 140 cm³/mol. The minimum absolute atomic E-state index is 0.272. The fourth-order valence-corrected chi connectivity index (χ4v) is 5.66. The molecule has 3 aromatic rings. The molecule has 2 fully saturated rings. The molecule has 5 rings (SSSR count). The van der Waals surface area contributed by atoms with Crippen molar-refractivity contribution in [2.75, 3.05) is 20.8 Å². The van der Waals surface area contributed by atoms with E-state index in [4.69, 9.17) is 14.2 Å². The smallest absolute Gasteiger partial charge is 0.291 e. The standard InChI is InChI=1S/C31H31NO5/c1-21(2)28-30(20-32(29(34)27(30)33)18-22-8-6-5-7-9-22)19-31(37-28,23-10-14-25(35-3)15-11-23)24-12-16-26(36-4)17-13-24/h5-17H,18-20H2,1-4H3/t30-/m0/s1. The van der Waals surface area contributed by atoms with Gasteiger partial charge in [-0.2, -0.15) is 0 Å². The van der Waals surface area contributed by atoms with Crippen LogP contribution in [-0.2, 0) is 26.5 Å². The Bertz CT molecular complexity index is 1290. The maximum atomic E-state index is 13.9. The summed E-state index contributed by atoms with van der Waals surface area (Å²) in [7, 11) is 3.25. The van der Waals surface area contributed by atoms with Crippen molar-refractivity contribution in [2.45, 2.75) is 32.4 Å². The van der Waals surface area contributed by atoms with Crippen molar-refractivity contribution < 1.29 is 23.8 Å². The van der Waals surface area contributed by atoms with E-state index in [0.717, 1.165) is 33.8 Å². The number of ketones is 1. The van der Waals surface area contributed by atoms with Gasteiger partial charge in [0.1, 0.15) is 22.7 Å². The second-order valence-electron chi connectivity index (χ2n) is 9.95. The normalized spacial score (nSPS) is 20.3. The molecule has 2 saturated heterocycles. The SMILES string of the molecule is COc1ccc(C2(c3ccc(OC)cc3)C[C@@]3(CN(Cc4ccccc4)C(=O)C3=O)C(=C(C)C)O2)cc1. The van der Waals surface area contributed by atoms with Gasteiger partial charge >= 0.3 is 0 Å². The van der Waals surface area contributed by atoms with E-state index in [0.29, 0.717) is 18.7 Å². The number of rotatable bonds is 6. The largest absolute Gasteiger partial charge is 0.497 e. The van der Waals surface area contributed by atoms with Crippen LogP contribution in [0.25, 0.3) is 0 Å². The minimum Gasteiger partial charge on any atom is -0.497 e. The molecule has 1 atom stereocenters. The van der Waals surface area contributed by atoms with Gasteiger partial charge in [0.25, 0.3) is 5.91 Å². The number of carbonyl (C=O) groups is 2. The van der Waals surface area contributed by atoms with Gasteiger partial charge in [-0.1, -0.05) is 54.6 Å². The lowest BCUT2D eigenvalue weighted by molar-refractivity contribution is -0.142. The van der Waals surface area contributed by atoms with Crippen LogP contribution in [0.3, 0.4) is 0 Å². The number of benzene rings is 3. The molecule has 0 N–H and O–H groups in total. The number of ether oxygens (including phenoxy) is 3. The Morgan fingerprint density at radius 1 is 0.838 bits per heavy atom. The molecule has 6 nitrogen and oxygen atoms in total. The highest BCUT2D eigenvalue weighted by Gasteiger charge is 2.65. The number of hydrogen-bond acceptors (Lipinski definition) is 5. The lowest BCUT2D eigenvalue weighted by atomic mass is 9.72. The highest BCUT2D eigenvalue weighted by atomic mass is 16.5. The first-order chi connectivity index (χ1) is 17.8. The molecule has 0 aliphatic carbocycles. The summed E-state index contributed by atoms with van der Waals surface area (Å²) in [6, 6.07) is 25.2. The lowest BCUT2D eigenvalue weighted by Gasteiger charge is -2.30. The molecule has 6 heteroatoms. The zero-order valence-electron chi connectivity index (χ0n) is 21.6. The number of carbonyl (C=O) groups excluding carboxylic acids is 2. The van der Waals surface area contributed by atoms with E-state index in [-0.39, 0.29) is 6.54 Å². The molecule has 2 aliphatic rings. The summed E-state index contributed by atoms with van der Waals surface area (Å²) in [5, 5.41) is 0. The van der Waals surface area contributed by atoms with E-state index in [1.54, 1.807) is 19.1 Å². The fourth-order valence-electron chi connectivity index (χ4n) is 5.66. The molecule has 190 valence electrons. The molecule has 37 heavy (non-hydrogen) atoms. The summed E-state index contributed by atoms with van der Waals surface area (Å²) in [6.07, 6.45) is 0.315. The number of methoxy groups -OCH3 is 2. The number of allylic oxidation sites excluding steroid dienone is 1. The highest BCUT2D eigenvalue weighted by molar-refractivity contribution is 6.41. The van der Waals surface area contributed by atoms with Crippen molar-refractivity contribution in [3.63, 3.8) is 0 Å². The third-order valence-electron chi connectivity index (χ3n) is 7.42. The molecule has 0 aromatic heterocycles. The fraction of sp³-hybridized carbons (Fsp3) is 0.290. The van der Waals surface area contributed by atoms with Crippen molar-refractivity contribution in [3.8, 4) is 11.5 Å². The third-order valence-corrected chi connectivity index (χ3v) is 7.42. The number of hydrogen-bond donors (Lipinski definition) is 0.